The predicted octanol–water partition coefficient (Wildman–Crippen LogP) is 3.06. The minimum Gasteiger partial charge on any atom is -0.484 e. The molecule has 0 spiro atoms. The number of halogens is 1. The zero-order valence-corrected chi connectivity index (χ0v) is 17.3. The van der Waals surface area contributed by atoms with Crippen LogP contribution in [0, 0.1) is 0 Å². The van der Waals surface area contributed by atoms with Gasteiger partial charge in [-0.25, -0.2) is 0 Å². The highest BCUT2D eigenvalue weighted by Gasteiger charge is 2.23. The smallest absolute Gasteiger partial charge is 0.260 e. The average Bonchev–Trinajstić information content (AvgIpc) is 2.74. The molecule has 2 amide bonds. The Labute approximate surface area is 176 Å². The van der Waals surface area contributed by atoms with Crippen LogP contribution in [0.15, 0.2) is 48.5 Å². The van der Waals surface area contributed by atoms with E-state index >= 15 is 0 Å². The van der Waals surface area contributed by atoms with E-state index in [1.165, 1.54) is 5.56 Å². The summed E-state index contributed by atoms with van der Waals surface area (Å²) in [6.07, 6.45) is 0.928. The van der Waals surface area contributed by atoms with E-state index < -0.39 is 0 Å². The van der Waals surface area contributed by atoms with Crippen LogP contribution in [-0.2, 0) is 16.0 Å². The highest BCUT2D eigenvalue weighted by Crippen LogP contribution is 2.20. The van der Waals surface area contributed by atoms with Crippen molar-refractivity contribution >= 4 is 29.1 Å². The third-order valence-corrected chi connectivity index (χ3v) is 5.24. The fourth-order valence-corrected chi connectivity index (χ4v) is 3.39. The van der Waals surface area contributed by atoms with E-state index in [-0.39, 0.29) is 25.0 Å². The van der Waals surface area contributed by atoms with Crippen LogP contribution in [0.2, 0.25) is 5.02 Å². The second kappa shape index (κ2) is 10.3. The summed E-state index contributed by atoms with van der Waals surface area (Å²) in [5.41, 5.74) is 1.79. The minimum absolute atomic E-state index is 0.0279. The van der Waals surface area contributed by atoms with Gasteiger partial charge < -0.3 is 15.0 Å². The molecule has 0 saturated carbocycles. The molecule has 1 fully saturated rings. The summed E-state index contributed by atoms with van der Waals surface area (Å²) in [6.45, 7) is 4.83. The Kier molecular flexibility index (Phi) is 7.49. The van der Waals surface area contributed by atoms with E-state index in [0.717, 1.165) is 6.42 Å². The van der Waals surface area contributed by atoms with Crippen molar-refractivity contribution in [3.8, 4) is 5.75 Å². The van der Waals surface area contributed by atoms with E-state index in [1.807, 2.05) is 41.3 Å². The Hall–Kier alpha value is -2.57. The minimum atomic E-state index is -0.114. The van der Waals surface area contributed by atoms with Gasteiger partial charge in [-0.15, -0.1) is 0 Å². The van der Waals surface area contributed by atoms with Gasteiger partial charge in [0, 0.05) is 26.2 Å². The van der Waals surface area contributed by atoms with Gasteiger partial charge in [-0.3, -0.25) is 14.5 Å². The van der Waals surface area contributed by atoms with Crippen molar-refractivity contribution in [2.45, 2.75) is 13.3 Å². The Balaban J connectivity index is 1.40. The zero-order chi connectivity index (χ0) is 20.6. The molecule has 0 aliphatic carbocycles. The molecule has 0 bridgehead atoms. The maximum absolute atomic E-state index is 12.4. The lowest BCUT2D eigenvalue weighted by molar-refractivity contribution is -0.135. The number of para-hydroxylation sites is 1. The fourth-order valence-electron chi connectivity index (χ4n) is 3.20. The normalized spacial score (nSPS) is 14.5. The average molecular weight is 416 g/mol. The first-order valence-corrected chi connectivity index (χ1v) is 10.2. The van der Waals surface area contributed by atoms with E-state index in [4.69, 9.17) is 16.3 Å². The van der Waals surface area contributed by atoms with Crippen molar-refractivity contribution in [1.82, 2.24) is 9.80 Å². The summed E-state index contributed by atoms with van der Waals surface area (Å²) in [5, 5.41) is 3.34. The standard InChI is InChI=1S/C22H26ClN3O3/c1-2-17-6-5-7-18(14-17)29-16-22(28)26-12-10-25(11-13-26)15-21(27)24-20-9-4-3-8-19(20)23/h3-9,14H,2,10-13,15-16H2,1H3,(H,24,27). The van der Waals surface area contributed by atoms with Crippen molar-refractivity contribution in [2.24, 2.45) is 0 Å². The Morgan fingerprint density at radius 1 is 1.07 bits per heavy atom. The first-order valence-electron chi connectivity index (χ1n) is 9.81. The second-order valence-corrected chi connectivity index (χ2v) is 7.38. The van der Waals surface area contributed by atoms with Crippen LogP contribution in [0.5, 0.6) is 5.75 Å². The Bertz CT molecular complexity index is 851. The van der Waals surface area contributed by atoms with Crippen molar-refractivity contribution in [3.63, 3.8) is 0 Å². The number of carbonyl (C=O) groups is 2. The Morgan fingerprint density at radius 3 is 2.55 bits per heavy atom. The number of amides is 2. The van der Waals surface area contributed by atoms with Crippen molar-refractivity contribution < 1.29 is 14.3 Å². The van der Waals surface area contributed by atoms with Crippen LogP contribution in [-0.4, -0.2) is 60.9 Å². The molecule has 6 nitrogen and oxygen atoms in total. The number of carbonyl (C=O) groups excluding carboxylic acids is 2. The lowest BCUT2D eigenvalue weighted by Crippen LogP contribution is -2.51. The highest BCUT2D eigenvalue weighted by atomic mass is 35.5. The number of anilines is 1. The lowest BCUT2D eigenvalue weighted by atomic mass is 10.2. The molecular formula is C22H26ClN3O3. The molecule has 1 N–H and O–H groups in total. The van der Waals surface area contributed by atoms with E-state index in [1.54, 1.807) is 17.0 Å². The first-order chi connectivity index (χ1) is 14.0. The summed E-state index contributed by atoms with van der Waals surface area (Å²) in [5.74, 6) is 0.566. The van der Waals surface area contributed by atoms with Gasteiger partial charge in [-0.2, -0.15) is 0 Å². The van der Waals surface area contributed by atoms with Crippen LogP contribution >= 0.6 is 11.6 Å². The van der Waals surface area contributed by atoms with Crippen LogP contribution in [0.3, 0.4) is 0 Å². The number of aryl methyl sites for hydroxylation is 1. The van der Waals surface area contributed by atoms with Gasteiger partial charge in [0.25, 0.3) is 5.91 Å². The van der Waals surface area contributed by atoms with Crippen molar-refractivity contribution in [2.75, 3.05) is 44.6 Å². The third kappa shape index (κ3) is 6.21. The summed E-state index contributed by atoms with van der Waals surface area (Å²) in [6, 6.07) is 15.0. The molecule has 29 heavy (non-hydrogen) atoms. The predicted molar refractivity (Wildman–Crippen MR) is 114 cm³/mol. The molecule has 7 heteroatoms. The van der Waals surface area contributed by atoms with Gasteiger partial charge in [-0.05, 0) is 36.2 Å². The lowest BCUT2D eigenvalue weighted by Gasteiger charge is -2.34. The molecule has 2 aromatic rings. The van der Waals surface area contributed by atoms with Gasteiger partial charge in [-0.1, -0.05) is 42.8 Å². The second-order valence-electron chi connectivity index (χ2n) is 6.97. The van der Waals surface area contributed by atoms with E-state index in [2.05, 4.69) is 12.2 Å². The number of nitrogens with zero attached hydrogens (tertiary/aromatic N) is 2. The molecule has 1 heterocycles. The molecule has 2 aromatic carbocycles. The summed E-state index contributed by atoms with van der Waals surface area (Å²) in [7, 11) is 0. The van der Waals surface area contributed by atoms with Crippen molar-refractivity contribution in [3.05, 3.63) is 59.1 Å². The highest BCUT2D eigenvalue weighted by molar-refractivity contribution is 6.33. The van der Waals surface area contributed by atoms with Crippen molar-refractivity contribution in [1.29, 1.82) is 0 Å². The maximum atomic E-state index is 12.4. The number of ether oxygens (including phenoxy) is 1. The molecule has 0 unspecified atom stereocenters. The molecule has 1 aliphatic rings. The Morgan fingerprint density at radius 2 is 1.83 bits per heavy atom. The topological polar surface area (TPSA) is 61.9 Å². The molecule has 154 valence electrons. The number of piperazine rings is 1. The summed E-state index contributed by atoms with van der Waals surface area (Å²) < 4.78 is 5.65. The maximum Gasteiger partial charge on any atom is 0.260 e. The molecule has 3 rings (SSSR count). The fraction of sp³-hybridized carbons (Fsp3) is 0.364. The van der Waals surface area contributed by atoms with Gasteiger partial charge >= 0.3 is 0 Å². The largest absolute Gasteiger partial charge is 0.484 e. The van der Waals surface area contributed by atoms with Gasteiger partial charge in [0.2, 0.25) is 5.91 Å². The molecule has 0 radical (unpaired) electrons. The molecular weight excluding hydrogens is 390 g/mol. The SMILES string of the molecule is CCc1cccc(OCC(=O)N2CCN(CC(=O)Nc3ccccc3Cl)CC2)c1. The molecule has 0 atom stereocenters. The summed E-state index contributed by atoms with van der Waals surface area (Å²) >= 11 is 6.07. The number of hydrogen-bond donors (Lipinski definition) is 1. The van der Waals surface area contributed by atoms with Gasteiger partial charge in [0.15, 0.2) is 6.61 Å². The number of rotatable bonds is 7. The number of hydrogen-bond acceptors (Lipinski definition) is 4. The number of benzene rings is 2. The van der Waals surface area contributed by atoms with E-state index in [9.17, 15) is 9.59 Å². The number of nitrogens with one attached hydrogen (secondary N) is 1. The molecule has 1 aliphatic heterocycles. The van der Waals surface area contributed by atoms with Gasteiger partial charge in [0.05, 0.1) is 17.3 Å². The van der Waals surface area contributed by atoms with Gasteiger partial charge in [0.1, 0.15) is 5.75 Å². The zero-order valence-electron chi connectivity index (χ0n) is 16.6. The van der Waals surface area contributed by atoms with Crippen LogP contribution in [0.1, 0.15) is 12.5 Å². The van der Waals surface area contributed by atoms with Crippen LogP contribution in [0.4, 0.5) is 5.69 Å². The first kappa shape index (κ1) is 21.1. The molecule has 0 aromatic heterocycles. The van der Waals surface area contributed by atoms with E-state index in [0.29, 0.717) is 42.6 Å². The molecule has 1 saturated heterocycles. The monoisotopic (exact) mass is 415 g/mol. The van der Waals surface area contributed by atoms with Crippen LogP contribution < -0.4 is 10.1 Å². The van der Waals surface area contributed by atoms with Crippen LogP contribution in [0.25, 0.3) is 0 Å². The quantitative estimate of drug-likeness (QED) is 0.755. The summed E-state index contributed by atoms with van der Waals surface area (Å²) in [4.78, 5) is 28.5. The third-order valence-electron chi connectivity index (χ3n) is 4.91.